The number of hydrogen-bond acceptors (Lipinski definition) is 5. The quantitative estimate of drug-likeness (QED) is 0.424. The lowest BCUT2D eigenvalue weighted by Gasteiger charge is -2.38. The van der Waals surface area contributed by atoms with Gasteiger partial charge < -0.3 is 19.8 Å². The van der Waals surface area contributed by atoms with Crippen LogP contribution in [0.25, 0.3) is 10.8 Å². The molecule has 43 heavy (non-hydrogen) atoms. The zero-order valence-corrected chi connectivity index (χ0v) is 24.9. The number of anilines is 1. The van der Waals surface area contributed by atoms with Crippen molar-refractivity contribution in [1.29, 1.82) is 0 Å². The van der Waals surface area contributed by atoms with Gasteiger partial charge in [0.25, 0.3) is 5.91 Å². The number of rotatable bonds is 6. The average molecular weight is 594 g/mol. The number of nitrogens with zero attached hydrogens (tertiary/aromatic N) is 3. The SMILES string of the molecule is CCCN1CC=C[C@H]2S[C@]34C=CCN(c5ccc6ccccc6c5)C(=O)C3N([C@H](CO)c3ccccc3)C(=O)[C@@H]4[C@H]2C1=O. The first-order valence-corrected chi connectivity index (χ1v) is 16.0. The molecule has 4 aliphatic rings. The number of benzene rings is 3. The summed E-state index contributed by atoms with van der Waals surface area (Å²) in [5.74, 6) is -1.79. The highest BCUT2D eigenvalue weighted by Crippen LogP contribution is 2.62. The number of likely N-dealkylation sites (tertiary alicyclic amines) is 1. The van der Waals surface area contributed by atoms with Gasteiger partial charge in [0.05, 0.1) is 29.2 Å². The van der Waals surface area contributed by atoms with E-state index in [9.17, 15) is 19.5 Å². The number of fused-ring (bicyclic) bond motifs is 3. The summed E-state index contributed by atoms with van der Waals surface area (Å²) in [6.07, 6.45) is 8.94. The van der Waals surface area contributed by atoms with Crippen LogP contribution in [-0.4, -0.2) is 74.9 Å². The van der Waals surface area contributed by atoms with Crippen molar-refractivity contribution in [2.75, 3.05) is 31.1 Å². The standard InChI is InChI=1S/C35H35N3O4S/c1-2-18-36-19-8-14-28-29(32(36)40)30-33(41)38(27(22-39)24-11-4-3-5-12-24)31-34(42)37(20-9-17-35(30,31)43-28)26-16-15-23-10-6-7-13-25(23)21-26/h3-17,21,27-31,39H,2,18-20,22H2,1H3/t27-,28-,29+,30+,31?,35+/m1/s1. The maximum absolute atomic E-state index is 14.9. The molecule has 4 heterocycles. The summed E-state index contributed by atoms with van der Waals surface area (Å²) in [6, 6.07) is 21.8. The van der Waals surface area contributed by atoms with E-state index in [1.54, 1.807) is 21.6 Å². The van der Waals surface area contributed by atoms with Crippen LogP contribution in [0.15, 0.2) is 97.1 Å². The topological polar surface area (TPSA) is 81.2 Å². The third-order valence-corrected chi connectivity index (χ3v) is 11.2. The third kappa shape index (κ3) is 4.33. The van der Waals surface area contributed by atoms with Crippen LogP contribution in [0, 0.1) is 11.8 Å². The molecular weight excluding hydrogens is 558 g/mol. The Labute approximate surface area is 255 Å². The van der Waals surface area contributed by atoms with Gasteiger partial charge >= 0.3 is 0 Å². The van der Waals surface area contributed by atoms with E-state index in [-0.39, 0.29) is 29.6 Å². The Bertz CT molecular complexity index is 1640. The van der Waals surface area contributed by atoms with E-state index in [1.165, 1.54) is 0 Å². The molecule has 7 rings (SSSR count). The van der Waals surface area contributed by atoms with Gasteiger partial charge in [-0.1, -0.05) is 91.9 Å². The molecule has 0 saturated carbocycles. The normalized spacial score (nSPS) is 29.0. The van der Waals surface area contributed by atoms with Gasteiger partial charge in [-0.2, -0.15) is 0 Å². The lowest BCUT2D eigenvalue weighted by molar-refractivity contribution is -0.144. The number of thioether (sulfide) groups is 1. The average Bonchev–Trinajstić information content (AvgIpc) is 3.35. The lowest BCUT2D eigenvalue weighted by atomic mass is 9.78. The fourth-order valence-electron chi connectivity index (χ4n) is 7.54. The van der Waals surface area contributed by atoms with Crippen LogP contribution in [0.5, 0.6) is 0 Å². The van der Waals surface area contributed by atoms with Crippen molar-refractivity contribution in [2.24, 2.45) is 11.8 Å². The third-order valence-electron chi connectivity index (χ3n) is 9.41. The number of hydrogen-bond donors (Lipinski definition) is 1. The Morgan fingerprint density at radius 1 is 0.907 bits per heavy atom. The van der Waals surface area contributed by atoms with Crippen molar-refractivity contribution in [2.45, 2.75) is 35.4 Å². The number of amides is 3. The van der Waals surface area contributed by atoms with Crippen LogP contribution in [-0.2, 0) is 14.4 Å². The van der Waals surface area contributed by atoms with Crippen molar-refractivity contribution < 1.29 is 19.5 Å². The first kappa shape index (κ1) is 27.9. The molecular formula is C35H35N3O4S. The summed E-state index contributed by atoms with van der Waals surface area (Å²) >= 11 is 1.57. The van der Waals surface area contributed by atoms with Gasteiger partial charge in [0, 0.05) is 30.6 Å². The van der Waals surface area contributed by atoms with Crippen molar-refractivity contribution in [3.8, 4) is 0 Å². The molecule has 0 aromatic heterocycles. The summed E-state index contributed by atoms with van der Waals surface area (Å²) in [6.45, 7) is 3.20. The van der Waals surface area contributed by atoms with Crippen LogP contribution >= 0.6 is 11.8 Å². The highest BCUT2D eigenvalue weighted by Gasteiger charge is 2.71. The van der Waals surface area contributed by atoms with Gasteiger partial charge in [0.2, 0.25) is 11.8 Å². The second-order valence-corrected chi connectivity index (χ2v) is 13.3. The summed E-state index contributed by atoms with van der Waals surface area (Å²) in [4.78, 5) is 49.0. The van der Waals surface area contributed by atoms with Crippen LogP contribution in [0.2, 0.25) is 0 Å². The molecule has 0 aliphatic carbocycles. The zero-order valence-electron chi connectivity index (χ0n) is 24.1. The second kappa shape index (κ2) is 11.0. The summed E-state index contributed by atoms with van der Waals surface area (Å²) in [5.41, 5.74) is 1.51. The van der Waals surface area contributed by atoms with E-state index in [1.807, 2.05) is 103 Å². The van der Waals surface area contributed by atoms with Gasteiger partial charge in [-0.25, -0.2) is 0 Å². The van der Waals surface area contributed by atoms with Crippen molar-refractivity contribution >= 4 is 45.9 Å². The molecule has 0 bridgehead atoms. The van der Waals surface area contributed by atoms with Gasteiger partial charge in [-0.05, 0) is 34.9 Å². The number of carbonyl (C=O) groups is 3. The van der Waals surface area contributed by atoms with Crippen molar-refractivity contribution in [3.05, 3.63) is 103 Å². The molecule has 1 spiro atoms. The maximum atomic E-state index is 14.9. The van der Waals surface area contributed by atoms with Crippen LogP contribution in [0.4, 0.5) is 5.69 Å². The highest BCUT2D eigenvalue weighted by atomic mass is 32.2. The predicted octanol–water partition coefficient (Wildman–Crippen LogP) is 4.58. The summed E-state index contributed by atoms with van der Waals surface area (Å²) in [5, 5.41) is 12.7. The Kier molecular flexibility index (Phi) is 7.14. The van der Waals surface area contributed by atoms with E-state index in [0.717, 1.165) is 28.4 Å². The molecule has 1 N–H and O–H groups in total. The zero-order chi connectivity index (χ0) is 29.7. The molecule has 6 atom stereocenters. The molecule has 2 fully saturated rings. The van der Waals surface area contributed by atoms with Crippen molar-refractivity contribution in [3.63, 3.8) is 0 Å². The molecule has 0 radical (unpaired) electrons. The van der Waals surface area contributed by atoms with Gasteiger partial charge in [0.15, 0.2) is 0 Å². The minimum Gasteiger partial charge on any atom is -0.394 e. The number of carbonyl (C=O) groups excluding carboxylic acids is 3. The van der Waals surface area contributed by atoms with Gasteiger partial charge in [-0.3, -0.25) is 14.4 Å². The minimum absolute atomic E-state index is 0.0306. The molecule has 3 aromatic carbocycles. The maximum Gasteiger partial charge on any atom is 0.251 e. The van der Waals surface area contributed by atoms with Gasteiger partial charge in [-0.15, -0.1) is 11.8 Å². The Morgan fingerprint density at radius 2 is 1.67 bits per heavy atom. The molecule has 1 unspecified atom stereocenters. The van der Waals surface area contributed by atoms with Crippen LogP contribution in [0.3, 0.4) is 0 Å². The van der Waals surface area contributed by atoms with E-state index < -0.39 is 28.7 Å². The van der Waals surface area contributed by atoms with Crippen LogP contribution < -0.4 is 4.90 Å². The molecule has 4 aliphatic heterocycles. The largest absolute Gasteiger partial charge is 0.394 e. The van der Waals surface area contributed by atoms with Gasteiger partial charge in [0.1, 0.15) is 6.04 Å². The highest BCUT2D eigenvalue weighted by molar-refractivity contribution is 8.02. The van der Waals surface area contributed by atoms with Crippen molar-refractivity contribution in [1.82, 2.24) is 9.80 Å². The Hall–Kier alpha value is -3.88. The molecule has 7 nitrogen and oxygen atoms in total. The first-order chi connectivity index (χ1) is 21.0. The van der Waals surface area contributed by atoms with E-state index in [0.29, 0.717) is 19.6 Å². The van der Waals surface area contributed by atoms with E-state index >= 15 is 0 Å². The molecule has 3 aromatic rings. The fraction of sp³-hybridized carbons (Fsp3) is 0.343. The summed E-state index contributed by atoms with van der Waals surface area (Å²) < 4.78 is -0.952. The minimum atomic E-state index is -0.952. The molecule has 8 heteroatoms. The summed E-state index contributed by atoms with van der Waals surface area (Å²) in [7, 11) is 0. The smallest absolute Gasteiger partial charge is 0.251 e. The Morgan fingerprint density at radius 3 is 2.44 bits per heavy atom. The van der Waals surface area contributed by atoms with E-state index in [2.05, 4.69) is 6.08 Å². The van der Waals surface area contributed by atoms with Crippen LogP contribution in [0.1, 0.15) is 24.9 Å². The first-order valence-electron chi connectivity index (χ1n) is 15.1. The fourth-order valence-corrected chi connectivity index (χ4v) is 9.53. The second-order valence-electron chi connectivity index (χ2n) is 11.8. The Balaban J connectivity index is 1.37. The molecule has 2 saturated heterocycles. The monoisotopic (exact) mass is 593 g/mol. The molecule has 220 valence electrons. The number of aliphatic hydroxyl groups is 1. The lowest BCUT2D eigenvalue weighted by Crippen LogP contribution is -2.54. The van der Waals surface area contributed by atoms with E-state index in [4.69, 9.17) is 0 Å². The number of aliphatic hydroxyl groups excluding tert-OH is 1. The molecule has 3 amide bonds. The predicted molar refractivity (Wildman–Crippen MR) is 169 cm³/mol.